The van der Waals surface area contributed by atoms with Crippen LogP contribution in [0.3, 0.4) is 0 Å². The van der Waals surface area contributed by atoms with Crippen LogP contribution in [0.15, 0.2) is 197 Å². The minimum atomic E-state index is 0.650. The molecule has 0 amide bonds. The first-order valence-corrected chi connectivity index (χ1v) is 19.2. The monoisotopic (exact) mass is 729 g/mol. The van der Waals surface area contributed by atoms with Crippen molar-refractivity contribution in [1.82, 2.24) is 14.5 Å². The number of benzene rings is 8. The molecule has 0 N–H and O–H groups in total. The smallest absolute Gasteiger partial charge is 0.160 e. The average Bonchev–Trinajstić information content (AvgIpc) is 3.96. The van der Waals surface area contributed by atoms with E-state index in [0.717, 1.165) is 111 Å². The van der Waals surface area contributed by atoms with Crippen molar-refractivity contribution in [2.24, 2.45) is 0 Å². The van der Waals surface area contributed by atoms with E-state index in [2.05, 4.69) is 162 Å². The molecule has 8 aromatic carbocycles. The summed E-state index contributed by atoms with van der Waals surface area (Å²) in [5, 5.41) is 5.48. The van der Waals surface area contributed by atoms with Gasteiger partial charge in [-0.25, -0.2) is 9.97 Å². The first-order valence-electron chi connectivity index (χ1n) is 19.2. The highest BCUT2D eigenvalue weighted by molar-refractivity contribution is 6.13. The summed E-state index contributed by atoms with van der Waals surface area (Å²) in [6.07, 6.45) is 0. The Labute approximate surface area is 326 Å². The maximum atomic E-state index is 6.50. The lowest BCUT2D eigenvalue weighted by Gasteiger charge is -2.13. The quantitative estimate of drug-likeness (QED) is 0.177. The molecule has 12 rings (SSSR count). The van der Waals surface area contributed by atoms with Gasteiger partial charge in [-0.1, -0.05) is 146 Å². The van der Waals surface area contributed by atoms with Gasteiger partial charge in [-0.2, -0.15) is 0 Å². The van der Waals surface area contributed by atoms with E-state index in [0.29, 0.717) is 5.82 Å². The molecule has 0 aliphatic carbocycles. The van der Waals surface area contributed by atoms with Crippen molar-refractivity contribution in [1.29, 1.82) is 0 Å². The number of nitrogens with zero attached hydrogens (tertiary/aromatic N) is 3. The minimum Gasteiger partial charge on any atom is -0.455 e. The Morgan fingerprint density at radius 1 is 0.386 bits per heavy atom. The number of fused-ring (bicyclic) bond motifs is 9. The Morgan fingerprint density at radius 3 is 1.56 bits per heavy atom. The Balaban J connectivity index is 1.11. The molecule has 4 aromatic heterocycles. The molecule has 0 radical (unpaired) electrons. The predicted molar refractivity (Wildman–Crippen MR) is 233 cm³/mol. The molecule has 5 nitrogen and oxygen atoms in total. The van der Waals surface area contributed by atoms with Crippen LogP contribution in [0.1, 0.15) is 0 Å². The summed E-state index contributed by atoms with van der Waals surface area (Å²) < 4.78 is 15.3. The van der Waals surface area contributed by atoms with Gasteiger partial charge in [0.1, 0.15) is 27.8 Å². The van der Waals surface area contributed by atoms with Crippen LogP contribution in [-0.4, -0.2) is 14.5 Å². The zero-order chi connectivity index (χ0) is 37.5. The molecule has 0 fully saturated rings. The second-order valence-electron chi connectivity index (χ2n) is 14.5. The predicted octanol–water partition coefficient (Wildman–Crippen LogP) is 14.0. The SMILES string of the molecule is c1ccc(-n2c3ccccc3c3nc(-c4cccc(-c5cccc6c5oc5ccccc56)c4)nc(-c4cccc(-c5cccc6c5oc5ccccc56)c4)c32)cc1. The molecule has 4 heterocycles. The lowest BCUT2D eigenvalue weighted by molar-refractivity contribution is 0.669. The van der Waals surface area contributed by atoms with E-state index < -0.39 is 0 Å². The highest BCUT2D eigenvalue weighted by atomic mass is 16.3. The van der Waals surface area contributed by atoms with Crippen LogP contribution in [0.5, 0.6) is 0 Å². The average molecular weight is 730 g/mol. The number of hydrogen-bond acceptors (Lipinski definition) is 4. The number of hydrogen-bond donors (Lipinski definition) is 0. The van der Waals surface area contributed by atoms with E-state index >= 15 is 0 Å². The molecule has 0 saturated heterocycles. The van der Waals surface area contributed by atoms with Crippen molar-refractivity contribution in [3.63, 3.8) is 0 Å². The molecular weight excluding hydrogens is 699 g/mol. The van der Waals surface area contributed by atoms with Crippen molar-refractivity contribution >= 4 is 65.8 Å². The molecule has 0 bridgehead atoms. The Kier molecular flexibility index (Phi) is 6.86. The fraction of sp³-hybridized carbons (Fsp3) is 0. The van der Waals surface area contributed by atoms with Gasteiger partial charge in [0.2, 0.25) is 0 Å². The molecule has 0 spiro atoms. The summed E-state index contributed by atoms with van der Waals surface area (Å²) in [7, 11) is 0. The number of aromatic nitrogens is 3. The van der Waals surface area contributed by atoms with Gasteiger partial charge >= 0.3 is 0 Å². The van der Waals surface area contributed by atoms with E-state index in [1.165, 1.54) is 0 Å². The van der Waals surface area contributed by atoms with Crippen molar-refractivity contribution < 1.29 is 8.83 Å². The second-order valence-corrected chi connectivity index (χ2v) is 14.5. The molecule has 0 aliphatic heterocycles. The largest absolute Gasteiger partial charge is 0.455 e. The molecule has 0 saturated carbocycles. The Morgan fingerprint density at radius 2 is 0.895 bits per heavy atom. The summed E-state index contributed by atoms with van der Waals surface area (Å²) >= 11 is 0. The van der Waals surface area contributed by atoms with Gasteiger partial charge < -0.3 is 13.4 Å². The molecule has 0 aliphatic rings. The topological polar surface area (TPSA) is 57.0 Å². The molecule has 0 unspecified atom stereocenters. The van der Waals surface area contributed by atoms with Gasteiger partial charge in [0.15, 0.2) is 5.82 Å². The highest BCUT2D eigenvalue weighted by Gasteiger charge is 2.22. The molecular formula is C52H31N3O2. The van der Waals surface area contributed by atoms with Gasteiger partial charge in [0.05, 0.1) is 16.7 Å². The lowest BCUT2D eigenvalue weighted by Crippen LogP contribution is -2.00. The second kappa shape index (κ2) is 12.4. The summed E-state index contributed by atoms with van der Waals surface area (Å²) in [6.45, 7) is 0. The van der Waals surface area contributed by atoms with Gasteiger partial charge in [-0.15, -0.1) is 0 Å². The van der Waals surface area contributed by atoms with E-state index in [1.807, 2.05) is 30.3 Å². The van der Waals surface area contributed by atoms with Crippen LogP contribution in [0.2, 0.25) is 0 Å². The summed E-state index contributed by atoms with van der Waals surface area (Å²) in [4.78, 5) is 10.9. The number of furan rings is 2. The number of para-hydroxylation sites is 6. The van der Waals surface area contributed by atoms with Gasteiger partial charge in [0.25, 0.3) is 0 Å². The minimum absolute atomic E-state index is 0.650. The van der Waals surface area contributed by atoms with Crippen molar-refractivity contribution in [2.75, 3.05) is 0 Å². The first kappa shape index (κ1) is 31.6. The van der Waals surface area contributed by atoms with Crippen LogP contribution in [0.4, 0.5) is 0 Å². The van der Waals surface area contributed by atoms with Crippen LogP contribution in [-0.2, 0) is 0 Å². The van der Waals surface area contributed by atoms with Crippen molar-refractivity contribution in [3.8, 4) is 50.6 Å². The normalized spacial score (nSPS) is 11.9. The zero-order valence-corrected chi connectivity index (χ0v) is 30.6. The van der Waals surface area contributed by atoms with Crippen molar-refractivity contribution in [2.45, 2.75) is 0 Å². The van der Waals surface area contributed by atoms with E-state index in [4.69, 9.17) is 18.8 Å². The van der Waals surface area contributed by atoms with Crippen LogP contribution in [0.25, 0.3) is 116 Å². The maximum absolute atomic E-state index is 6.50. The van der Waals surface area contributed by atoms with Gasteiger partial charge in [0, 0.05) is 54.9 Å². The van der Waals surface area contributed by atoms with Gasteiger partial charge in [-0.05, 0) is 53.6 Å². The zero-order valence-electron chi connectivity index (χ0n) is 30.6. The third-order valence-electron chi connectivity index (χ3n) is 11.2. The van der Waals surface area contributed by atoms with E-state index in [9.17, 15) is 0 Å². The summed E-state index contributed by atoms with van der Waals surface area (Å²) in [6, 6.07) is 65.3. The molecule has 5 heteroatoms. The summed E-state index contributed by atoms with van der Waals surface area (Å²) in [5.41, 5.74) is 14.4. The molecule has 266 valence electrons. The lowest BCUT2D eigenvalue weighted by atomic mass is 9.98. The van der Waals surface area contributed by atoms with E-state index in [1.54, 1.807) is 0 Å². The maximum Gasteiger partial charge on any atom is 0.160 e. The standard InChI is InChI=1S/C52H31N3O2/c1-2-18-36(19-3-1)55-44-27-7-4-22-43(44)48-49(55)47(34-16-10-14-32(30-34)37-23-12-25-41-39-20-5-8-28-45(39)56-50(37)41)53-52(54-48)35-17-11-15-33(31-35)38-24-13-26-42-40-21-6-9-29-46(40)57-51(38)42/h1-31H. The molecule has 12 aromatic rings. The van der Waals surface area contributed by atoms with Gasteiger partial charge in [-0.3, -0.25) is 0 Å². The van der Waals surface area contributed by atoms with Crippen LogP contribution >= 0.6 is 0 Å². The van der Waals surface area contributed by atoms with Crippen LogP contribution in [0, 0.1) is 0 Å². The highest BCUT2D eigenvalue weighted by Crippen LogP contribution is 2.42. The number of rotatable bonds is 5. The molecule has 0 atom stereocenters. The fourth-order valence-corrected chi connectivity index (χ4v) is 8.63. The fourth-order valence-electron chi connectivity index (χ4n) is 8.63. The summed E-state index contributed by atoms with van der Waals surface area (Å²) in [5.74, 6) is 0.650. The van der Waals surface area contributed by atoms with E-state index in [-0.39, 0.29) is 0 Å². The third kappa shape index (κ3) is 4.89. The van der Waals surface area contributed by atoms with Crippen LogP contribution < -0.4 is 0 Å². The Hall–Kier alpha value is -7.76. The Bertz CT molecular complexity index is 3540. The molecule has 57 heavy (non-hydrogen) atoms. The third-order valence-corrected chi connectivity index (χ3v) is 11.2. The first-order chi connectivity index (χ1) is 28.3. The van der Waals surface area contributed by atoms with Crippen molar-refractivity contribution in [3.05, 3.63) is 188 Å².